The Balaban J connectivity index is 1.30. The van der Waals surface area contributed by atoms with Gasteiger partial charge >= 0.3 is 0 Å². The first kappa shape index (κ1) is 21.9. The first-order chi connectivity index (χ1) is 16.6. The molecular formula is C26H28N8. The van der Waals surface area contributed by atoms with Crippen molar-refractivity contribution in [1.82, 2.24) is 30.2 Å². The molecular weight excluding hydrogens is 424 g/mol. The summed E-state index contributed by atoms with van der Waals surface area (Å²) in [6, 6.07) is 16.1. The van der Waals surface area contributed by atoms with E-state index in [0.29, 0.717) is 23.9 Å². The summed E-state index contributed by atoms with van der Waals surface area (Å²) in [5, 5.41) is 6.68. The molecule has 8 heteroatoms. The molecule has 1 fully saturated rings. The third kappa shape index (κ3) is 5.18. The van der Waals surface area contributed by atoms with Crippen molar-refractivity contribution in [2.24, 2.45) is 0 Å². The number of nitrogens with one attached hydrogen (secondary N) is 2. The number of piperazine rings is 1. The van der Waals surface area contributed by atoms with Crippen LogP contribution in [-0.4, -0.2) is 51.1 Å². The zero-order valence-electron chi connectivity index (χ0n) is 19.5. The Labute approximate surface area is 199 Å². The van der Waals surface area contributed by atoms with Crippen LogP contribution >= 0.6 is 0 Å². The summed E-state index contributed by atoms with van der Waals surface area (Å²) < 4.78 is 0. The lowest BCUT2D eigenvalue weighted by Gasteiger charge is -2.30. The van der Waals surface area contributed by atoms with E-state index in [0.717, 1.165) is 43.4 Å². The summed E-state index contributed by atoms with van der Waals surface area (Å²) in [6.45, 7) is 8.28. The molecule has 4 heterocycles. The van der Waals surface area contributed by atoms with Crippen molar-refractivity contribution < 1.29 is 0 Å². The van der Waals surface area contributed by atoms with Gasteiger partial charge in [-0.2, -0.15) is 0 Å². The number of aryl methyl sites for hydroxylation is 2. The monoisotopic (exact) mass is 452 g/mol. The van der Waals surface area contributed by atoms with Crippen LogP contribution in [0.15, 0.2) is 60.9 Å². The quantitative estimate of drug-likeness (QED) is 0.458. The van der Waals surface area contributed by atoms with Crippen LogP contribution in [0.5, 0.6) is 0 Å². The molecule has 0 spiro atoms. The van der Waals surface area contributed by atoms with Gasteiger partial charge in [-0.05, 0) is 55.3 Å². The Kier molecular flexibility index (Phi) is 6.40. The molecule has 0 unspecified atom stereocenters. The van der Waals surface area contributed by atoms with Gasteiger partial charge in [0, 0.05) is 56.4 Å². The lowest BCUT2D eigenvalue weighted by molar-refractivity contribution is 0.588. The highest BCUT2D eigenvalue weighted by Crippen LogP contribution is 2.23. The van der Waals surface area contributed by atoms with Crippen molar-refractivity contribution in [3.05, 3.63) is 83.6 Å². The highest BCUT2D eigenvalue weighted by Gasteiger charge is 2.13. The van der Waals surface area contributed by atoms with Crippen molar-refractivity contribution in [2.75, 3.05) is 36.4 Å². The first-order valence-electron chi connectivity index (χ1n) is 11.6. The number of hydrogen-bond donors (Lipinski definition) is 2. The standard InChI is InChI=1S/C26H28N8/c1-18-16-20(6-7-22(18)34-14-12-27-13-15-34)17-25-28-10-8-23(32-25)31-24-9-11-29-26(33-24)21-5-3-4-19(2)30-21/h3-11,16,27H,12-15,17H2,1-2H3,(H,28,29,31,32,33). The Morgan fingerprint density at radius 2 is 1.68 bits per heavy atom. The first-order valence-corrected chi connectivity index (χ1v) is 11.6. The third-order valence-corrected chi connectivity index (χ3v) is 5.82. The van der Waals surface area contributed by atoms with E-state index in [1.54, 1.807) is 12.4 Å². The lowest BCUT2D eigenvalue weighted by Crippen LogP contribution is -2.43. The van der Waals surface area contributed by atoms with Gasteiger partial charge in [-0.3, -0.25) is 0 Å². The van der Waals surface area contributed by atoms with Gasteiger partial charge < -0.3 is 15.5 Å². The average Bonchev–Trinajstić information content (AvgIpc) is 2.85. The van der Waals surface area contributed by atoms with Gasteiger partial charge in [0.05, 0.1) is 0 Å². The van der Waals surface area contributed by atoms with Crippen molar-refractivity contribution in [3.8, 4) is 11.5 Å². The van der Waals surface area contributed by atoms with Crippen molar-refractivity contribution in [3.63, 3.8) is 0 Å². The number of hydrogen-bond acceptors (Lipinski definition) is 8. The van der Waals surface area contributed by atoms with Crippen LogP contribution in [0.2, 0.25) is 0 Å². The fraction of sp³-hybridized carbons (Fsp3) is 0.269. The minimum absolute atomic E-state index is 0.572. The smallest absolute Gasteiger partial charge is 0.180 e. The molecule has 0 aliphatic carbocycles. The molecule has 1 saturated heterocycles. The minimum atomic E-state index is 0.572. The van der Waals surface area contributed by atoms with Crippen LogP contribution in [-0.2, 0) is 6.42 Å². The van der Waals surface area contributed by atoms with Crippen molar-refractivity contribution in [2.45, 2.75) is 20.3 Å². The van der Waals surface area contributed by atoms with Gasteiger partial charge in [0.2, 0.25) is 0 Å². The maximum absolute atomic E-state index is 4.70. The second kappa shape index (κ2) is 9.93. The molecule has 5 rings (SSSR count). The van der Waals surface area contributed by atoms with Crippen molar-refractivity contribution >= 4 is 17.3 Å². The lowest BCUT2D eigenvalue weighted by atomic mass is 10.1. The summed E-state index contributed by atoms with van der Waals surface area (Å²) in [7, 11) is 0. The summed E-state index contributed by atoms with van der Waals surface area (Å²) in [4.78, 5) is 25.1. The molecule has 0 radical (unpaired) electrons. The summed E-state index contributed by atoms with van der Waals surface area (Å²) >= 11 is 0. The molecule has 34 heavy (non-hydrogen) atoms. The van der Waals surface area contributed by atoms with Crippen molar-refractivity contribution in [1.29, 1.82) is 0 Å². The molecule has 4 aromatic rings. The van der Waals surface area contributed by atoms with Gasteiger partial charge in [-0.1, -0.05) is 18.2 Å². The average molecular weight is 453 g/mol. The Morgan fingerprint density at radius 3 is 2.47 bits per heavy atom. The summed E-state index contributed by atoms with van der Waals surface area (Å²) in [6.07, 6.45) is 4.16. The van der Waals surface area contributed by atoms with Gasteiger partial charge in [-0.15, -0.1) is 0 Å². The number of aromatic nitrogens is 5. The molecule has 0 atom stereocenters. The second-order valence-corrected chi connectivity index (χ2v) is 8.45. The maximum Gasteiger partial charge on any atom is 0.180 e. The largest absolute Gasteiger partial charge is 0.369 e. The highest BCUT2D eigenvalue weighted by atomic mass is 15.2. The Morgan fingerprint density at radius 1 is 0.882 bits per heavy atom. The Bertz CT molecular complexity index is 1280. The molecule has 1 aromatic carbocycles. The molecule has 8 nitrogen and oxygen atoms in total. The maximum atomic E-state index is 4.70. The molecule has 1 aliphatic heterocycles. The van der Waals surface area contributed by atoms with Gasteiger partial charge in [-0.25, -0.2) is 24.9 Å². The van der Waals surface area contributed by atoms with Crippen LogP contribution in [0.4, 0.5) is 17.3 Å². The molecule has 0 saturated carbocycles. The topological polar surface area (TPSA) is 91.8 Å². The highest BCUT2D eigenvalue weighted by molar-refractivity contribution is 5.57. The van der Waals surface area contributed by atoms with E-state index in [1.165, 1.54) is 16.8 Å². The van der Waals surface area contributed by atoms with Crippen LogP contribution in [0.1, 0.15) is 22.6 Å². The summed E-state index contributed by atoms with van der Waals surface area (Å²) in [5.74, 6) is 2.69. The minimum Gasteiger partial charge on any atom is -0.369 e. The second-order valence-electron chi connectivity index (χ2n) is 8.45. The van der Waals surface area contributed by atoms with E-state index in [2.05, 4.69) is 60.6 Å². The number of anilines is 3. The number of pyridine rings is 1. The normalized spacial score (nSPS) is 13.6. The molecule has 3 aromatic heterocycles. The van der Waals surface area contributed by atoms with E-state index in [4.69, 9.17) is 4.98 Å². The number of nitrogens with zero attached hydrogens (tertiary/aromatic N) is 6. The third-order valence-electron chi connectivity index (χ3n) is 5.82. The molecule has 172 valence electrons. The van der Waals surface area contributed by atoms with E-state index in [1.807, 2.05) is 37.3 Å². The van der Waals surface area contributed by atoms with Gasteiger partial charge in [0.15, 0.2) is 5.82 Å². The molecule has 1 aliphatic rings. The molecule has 0 amide bonds. The van der Waals surface area contributed by atoms with E-state index >= 15 is 0 Å². The Hall–Kier alpha value is -3.91. The van der Waals surface area contributed by atoms with E-state index in [-0.39, 0.29) is 0 Å². The van der Waals surface area contributed by atoms with Crippen LogP contribution < -0.4 is 15.5 Å². The molecule has 2 N–H and O–H groups in total. The zero-order chi connectivity index (χ0) is 23.3. The number of benzene rings is 1. The fourth-order valence-electron chi connectivity index (χ4n) is 4.18. The van der Waals surface area contributed by atoms with Crippen LogP contribution in [0.3, 0.4) is 0 Å². The predicted octanol–water partition coefficient (Wildman–Crippen LogP) is 3.69. The van der Waals surface area contributed by atoms with Crippen LogP contribution in [0, 0.1) is 13.8 Å². The number of rotatable bonds is 6. The predicted molar refractivity (Wildman–Crippen MR) is 134 cm³/mol. The van der Waals surface area contributed by atoms with Gasteiger partial charge in [0.25, 0.3) is 0 Å². The SMILES string of the molecule is Cc1cccc(-c2nccc(Nc3ccnc(Cc4ccc(N5CCNCC5)c(C)c4)n3)n2)n1. The summed E-state index contributed by atoms with van der Waals surface area (Å²) in [5.41, 5.74) is 5.46. The fourth-order valence-corrected chi connectivity index (χ4v) is 4.18. The molecule has 0 bridgehead atoms. The zero-order valence-corrected chi connectivity index (χ0v) is 19.5. The van der Waals surface area contributed by atoms with Gasteiger partial charge in [0.1, 0.15) is 23.2 Å². The van der Waals surface area contributed by atoms with E-state index in [9.17, 15) is 0 Å². The van der Waals surface area contributed by atoms with E-state index < -0.39 is 0 Å². The van der Waals surface area contributed by atoms with Crippen LogP contribution in [0.25, 0.3) is 11.5 Å².